The smallest absolute Gasteiger partial charge is 0.148 e. The van der Waals surface area contributed by atoms with Crippen molar-refractivity contribution in [1.29, 1.82) is 0 Å². The summed E-state index contributed by atoms with van der Waals surface area (Å²) in [5, 5.41) is 3.50. The molecule has 2 atom stereocenters. The topological polar surface area (TPSA) is 75.2 Å². The van der Waals surface area contributed by atoms with Crippen molar-refractivity contribution in [2.24, 2.45) is 5.92 Å². The summed E-state index contributed by atoms with van der Waals surface area (Å²) in [6, 6.07) is 2.26. The van der Waals surface area contributed by atoms with Crippen LogP contribution in [-0.2, 0) is 9.84 Å². The van der Waals surface area contributed by atoms with Gasteiger partial charge < -0.3 is 5.32 Å². The molecule has 0 aromatic carbocycles. The number of sulfone groups is 1. The van der Waals surface area contributed by atoms with Gasteiger partial charge in [-0.3, -0.25) is 4.90 Å². The predicted octanol–water partition coefficient (Wildman–Crippen LogP) is 1.34. The van der Waals surface area contributed by atoms with Crippen LogP contribution in [0, 0.1) is 12.8 Å². The second-order valence-electron chi connectivity index (χ2n) is 6.23. The standard InChI is InChI=1S/C15H26N4O2S/c1-4-5-13-9-19(6-7-22(3,20)21)10-14(13)18-15-8-12(2)16-11-17-15/h8,11,13-14H,4-7,9-10H2,1-3H3,(H,16,17,18)/t13-,14-/m1/s1. The van der Waals surface area contributed by atoms with Crippen molar-refractivity contribution in [3.05, 3.63) is 18.1 Å². The Bertz CT molecular complexity index is 591. The zero-order valence-electron chi connectivity index (χ0n) is 13.6. The van der Waals surface area contributed by atoms with Crippen LogP contribution in [0.15, 0.2) is 12.4 Å². The van der Waals surface area contributed by atoms with Gasteiger partial charge in [0.25, 0.3) is 0 Å². The molecule has 1 N–H and O–H groups in total. The zero-order chi connectivity index (χ0) is 16.2. The molecule has 124 valence electrons. The zero-order valence-corrected chi connectivity index (χ0v) is 14.4. The molecule has 1 fully saturated rings. The molecule has 0 spiro atoms. The molecule has 0 aliphatic carbocycles. The van der Waals surface area contributed by atoms with E-state index in [-0.39, 0.29) is 5.75 Å². The number of nitrogens with one attached hydrogen (secondary N) is 1. The van der Waals surface area contributed by atoms with E-state index in [0.29, 0.717) is 18.5 Å². The summed E-state index contributed by atoms with van der Waals surface area (Å²) in [5.74, 6) is 1.61. The molecule has 1 aromatic heterocycles. The van der Waals surface area contributed by atoms with Gasteiger partial charge in [0.15, 0.2) is 0 Å². The second kappa shape index (κ2) is 7.37. The highest BCUT2D eigenvalue weighted by atomic mass is 32.2. The first-order valence-corrected chi connectivity index (χ1v) is 9.88. The van der Waals surface area contributed by atoms with Crippen LogP contribution in [0.1, 0.15) is 25.5 Å². The predicted molar refractivity (Wildman–Crippen MR) is 88.7 cm³/mol. The van der Waals surface area contributed by atoms with Crippen molar-refractivity contribution >= 4 is 15.7 Å². The first-order valence-electron chi connectivity index (χ1n) is 7.82. The Morgan fingerprint density at radius 1 is 1.36 bits per heavy atom. The van der Waals surface area contributed by atoms with E-state index >= 15 is 0 Å². The summed E-state index contributed by atoms with van der Waals surface area (Å²) < 4.78 is 22.7. The van der Waals surface area contributed by atoms with Gasteiger partial charge in [-0.25, -0.2) is 18.4 Å². The number of anilines is 1. The van der Waals surface area contributed by atoms with Gasteiger partial charge in [-0.1, -0.05) is 13.3 Å². The van der Waals surface area contributed by atoms with E-state index in [1.54, 1.807) is 6.33 Å². The maximum atomic E-state index is 11.3. The molecule has 22 heavy (non-hydrogen) atoms. The monoisotopic (exact) mass is 326 g/mol. The van der Waals surface area contributed by atoms with E-state index in [9.17, 15) is 8.42 Å². The summed E-state index contributed by atoms with van der Waals surface area (Å²) >= 11 is 0. The highest BCUT2D eigenvalue weighted by Crippen LogP contribution is 2.24. The lowest BCUT2D eigenvalue weighted by molar-refractivity contribution is 0.338. The minimum Gasteiger partial charge on any atom is -0.366 e. The van der Waals surface area contributed by atoms with Gasteiger partial charge in [-0.2, -0.15) is 0 Å². The number of rotatable bonds is 7. The molecular weight excluding hydrogens is 300 g/mol. The molecule has 6 nitrogen and oxygen atoms in total. The molecule has 0 amide bonds. The number of aromatic nitrogens is 2. The van der Waals surface area contributed by atoms with E-state index in [1.807, 2.05) is 13.0 Å². The van der Waals surface area contributed by atoms with Gasteiger partial charge in [0.1, 0.15) is 22.0 Å². The third-order valence-electron chi connectivity index (χ3n) is 4.09. The van der Waals surface area contributed by atoms with Crippen molar-refractivity contribution in [1.82, 2.24) is 14.9 Å². The largest absolute Gasteiger partial charge is 0.366 e. The van der Waals surface area contributed by atoms with Crippen molar-refractivity contribution in [2.45, 2.75) is 32.7 Å². The summed E-state index contributed by atoms with van der Waals surface area (Å²) in [6.07, 6.45) is 5.14. The highest BCUT2D eigenvalue weighted by Gasteiger charge is 2.32. The van der Waals surface area contributed by atoms with Gasteiger partial charge in [0, 0.05) is 43.7 Å². The molecule has 2 rings (SSSR count). The maximum absolute atomic E-state index is 11.3. The Balaban J connectivity index is 1.98. The fraction of sp³-hybridized carbons (Fsp3) is 0.733. The number of likely N-dealkylation sites (tertiary alicyclic amines) is 1. The van der Waals surface area contributed by atoms with Crippen LogP contribution in [0.5, 0.6) is 0 Å². The van der Waals surface area contributed by atoms with Crippen LogP contribution in [0.4, 0.5) is 5.82 Å². The first-order chi connectivity index (χ1) is 10.4. The molecule has 1 saturated heterocycles. The van der Waals surface area contributed by atoms with Crippen LogP contribution in [0.3, 0.4) is 0 Å². The fourth-order valence-electron chi connectivity index (χ4n) is 2.99. The van der Waals surface area contributed by atoms with Gasteiger partial charge in [0.2, 0.25) is 0 Å². The average molecular weight is 326 g/mol. The van der Waals surface area contributed by atoms with Crippen molar-refractivity contribution in [3.63, 3.8) is 0 Å². The van der Waals surface area contributed by atoms with E-state index < -0.39 is 9.84 Å². The van der Waals surface area contributed by atoms with Crippen LogP contribution in [-0.4, -0.2) is 61.0 Å². The van der Waals surface area contributed by atoms with Crippen molar-refractivity contribution in [3.8, 4) is 0 Å². The molecule has 0 saturated carbocycles. The summed E-state index contributed by atoms with van der Waals surface area (Å²) in [7, 11) is -2.91. The van der Waals surface area contributed by atoms with Crippen molar-refractivity contribution in [2.75, 3.05) is 37.0 Å². The lowest BCUT2D eigenvalue weighted by atomic mass is 9.98. The Labute approximate surface area is 133 Å². The maximum Gasteiger partial charge on any atom is 0.148 e. The number of aryl methyl sites for hydroxylation is 1. The summed E-state index contributed by atoms with van der Waals surface area (Å²) in [5.41, 5.74) is 0.941. The Kier molecular flexibility index (Phi) is 5.74. The van der Waals surface area contributed by atoms with Crippen LogP contribution >= 0.6 is 0 Å². The minimum absolute atomic E-state index is 0.227. The van der Waals surface area contributed by atoms with Gasteiger partial charge in [-0.05, 0) is 19.3 Å². The Hall–Kier alpha value is -1.21. The Morgan fingerprint density at radius 2 is 2.14 bits per heavy atom. The molecule has 0 unspecified atom stereocenters. The van der Waals surface area contributed by atoms with Crippen LogP contribution in [0.2, 0.25) is 0 Å². The lowest BCUT2D eigenvalue weighted by Gasteiger charge is -2.20. The molecule has 1 aliphatic rings. The van der Waals surface area contributed by atoms with Crippen LogP contribution < -0.4 is 5.32 Å². The van der Waals surface area contributed by atoms with Gasteiger partial charge in [-0.15, -0.1) is 0 Å². The molecule has 2 heterocycles. The molecule has 1 aromatic rings. The number of hydrogen-bond donors (Lipinski definition) is 1. The molecule has 1 aliphatic heterocycles. The van der Waals surface area contributed by atoms with Gasteiger partial charge >= 0.3 is 0 Å². The average Bonchev–Trinajstić information content (AvgIpc) is 2.79. The molecule has 0 radical (unpaired) electrons. The molecule has 0 bridgehead atoms. The minimum atomic E-state index is -2.91. The second-order valence-corrected chi connectivity index (χ2v) is 8.49. The first kappa shape index (κ1) is 17.1. The summed E-state index contributed by atoms with van der Waals surface area (Å²) in [6.45, 7) is 6.56. The number of nitrogens with zero attached hydrogens (tertiary/aromatic N) is 3. The Morgan fingerprint density at radius 3 is 2.77 bits per heavy atom. The fourth-order valence-corrected chi connectivity index (χ4v) is 3.58. The third kappa shape index (κ3) is 5.21. The van der Waals surface area contributed by atoms with E-state index in [0.717, 1.165) is 37.4 Å². The SMILES string of the molecule is CCC[C@@H]1CN(CCS(C)(=O)=O)C[C@H]1Nc1cc(C)ncn1. The van der Waals surface area contributed by atoms with Crippen LogP contribution in [0.25, 0.3) is 0 Å². The van der Waals surface area contributed by atoms with E-state index in [2.05, 4.69) is 27.1 Å². The molecule has 7 heteroatoms. The third-order valence-corrected chi connectivity index (χ3v) is 5.02. The number of hydrogen-bond acceptors (Lipinski definition) is 6. The van der Waals surface area contributed by atoms with E-state index in [4.69, 9.17) is 0 Å². The normalized spacial score (nSPS) is 22.9. The highest BCUT2D eigenvalue weighted by molar-refractivity contribution is 7.90. The molecular formula is C15H26N4O2S. The van der Waals surface area contributed by atoms with E-state index in [1.165, 1.54) is 6.26 Å². The summed E-state index contributed by atoms with van der Waals surface area (Å²) in [4.78, 5) is 10.6. The van der Waals surface area contributed by atoms with Gasteiger partial charge in [0.05, 0.1) is 5.75 Å². The van der Waals surface area contributed by atoms with Crippen molar-refractivity contribution < 1.29 is 8.42 Å². The lowest BCUT2D eigenvalue weighted by Crippen LogP contribution is -2.31. The quantitative estimate of drug-likeness (QED) is 0.815.